The molecular formula is C25H32N5O8P. The molecule has 14 heteroatoms. The van der Waals surface area contributed by atoms with Crippen molar-refractivity contribution in [3.05, 3.63) is 48.2 Å². The van der Waals surface area contributed by atoms with Crippen LogP contribution in [0.15, 0.2) is 42.5 Å². The van der Waals surface area contributed by atoms with Crippen molar-refractivity contribution in [2.75, 3.05) is 57.4 Å². The Morgan fingerprint density at radius 1 is 1.08 bits per heavy atom. The highest BCUT2D eigenvalue weighted by atomic mass is 31.2. The van der Waals surface area contributed by atoms with E-state index in [4.69, 9.17) is 9.84 Å². The number of nitrogens with zero attached hydrogens (tertiary/aromatic N) is 4. The first kappa shape index (κ1) is 28.5. The lowest BCUT2D eigenvalue weighted by Crippen LogP contribution is -2.56. The van der Waals surface area contributed by atoms with Crippen LogP contribution in [0.2, 0.25) is 0 Å². The van der Waals surface area contributed by atoms with E-state index in [2.05, 4.69) is 15.2 Å². The number of ether oxygens (including phenoxy) is 1. The molecule has 0 radical (unpaired) electrons. The fraction of sp³-hybridized carbons (Fsp3) is 0.440. The smallest absolute Gasteiger partial charge is 0.407 e. The summed E-state index contributed by atoms with van der Waals surface area (Å²) in [5.74, 6) is -1.45. The lowest BCUT2D eigenvalue weighted by molar-refractivity contribution is -0.134. The van der Waals surface area contributed by atoms with Crippen LogP contribution in [-0.2, 0) is 14.1 Å². The Hall–Kier alpha value is -3.51. The van der Waals surface area contributed by atoms with Crippen molar-refractivity contribution in [2.45, 2.75) is 18.6 Å². The standard InChI is InChI=1S/C25H32N5O8P/c1-38-19-7-8-30(15-19)18-13-20(17-5-3-2-4-6-17)26-21(14-18)23(31)27-22(16-39(35,36)37)24(32)28-9-11-29(12-10-28)25(33)34/h2-6,13-14,19,22H,7-12,15-16H2,1H3,(H,27,31)(H,33,34)(H2,35,36,37)/t19-,22-/m0/s1. The SMILES string of the molecule is CO[C@H]1CCN(c2cc(C(=O)N[C@@H](CP(=O)(O)O)C(=O)N3CCN(C(=O)O)CC3)nc(-c3ccccc3)c2)C1. The van der Waals surface area contributed by atoms with E-state index in [1.54, 1.807) is 13.2 Å². The summed E-state index contributed by atoms with van der Waals surface area (Å²) in [7, 11) is -3.06. The highest BCUT2D eigenvalue weighted by molar-refractivity contribution is 7.51. The van der Waals surface area contributed by atoms with Gasteiger partial charge in [0.2, 0.25) is 5.91 Å². The molecule has 2 fully saturated rings. The van der Waals surface area contributed by atoms with Gasteiger partial charge in [0, 0.05) is 57.6 Å². The Morgan fingerprint density at radius 3 is 2.33 bits per heavy atom. The van der Waals surface area contributed by atoms with Gasteiger partial charge in [0.15, 0.2) is 0 Å². The summed E-state index contributed by atoms with van der Waals surface area (Å²) in [6, 6.07) is 11.2. The van der Waals surface area contributed by atoms with E-state index < -0.39 is 37.7 Å². The van der Waals surface area contributed by atoms with Crippen LogP contribution in [0, 0.1) is 0 Å². The monoisotopic (exact) mass is 561 g/mol. The van der Waals surface area contributed by atoms with Crippen LogP contribution in [0.25, 0.3) is 11.3 Å². The topological polar surface area (TPSA) is 173 Å². The number of carboxylic acid groups (broad SMARTS) is 1. The summed E-state index contributed by atoms with van der Waals surface area (Å²) in [6.45, 7) is 1.53. The third kappa shape index (κ3) is 7.33. The first-order valence-corrected chi connectivity index (χ1v) is 14.3. The molecule has 3 amide bonds. The molecule has 2 aliphatic heterocycles. The van der Waals surface area contributed by atoms with Crippen molar-refractivity contribution in [3.63, 3.8) is 0 Å². The first-order valence-electron chi connectivity index (χ1n) is 12.5. The van der Waals surface area contributed by atoms with Gasteiger partial charge in [-0.2, -0.15) is 0 Å². The van der Waals surface area contributed by atoms with E-state index >= 15 is 0 Å². The van der Waals surface area contributed by atoms with Crippen molar-refractivity contribution < 1.29 is 38.6 Å². The molecule has 0 spiro atoms. The van der Waals surface area contributed by atoms with Gasteiger partial charge in [-0.3, -0.25) is 14.2 Å². The number of carbonyl (C=O) groups excluding carboxylic acids is 2. The lowest BCUT2D eigenvalue weighted by Gasteiger charge is -2.35. The van der Waals surface area contributed by atoms with Gasteiger partial charge in [-0.15, -0.1) is 0 Å². The quantitative estimate of drug-likeness (QED) is 0.342. The van der Waals surface area contributed by atoms with Crippen molar-refractivity contribution in [2.24, 2.45) is 0 Å². The molecule has 2 aliphatic rings. The Morgan fingerprint density at radius 2 is 1.74 bits per heavy atom. The average molecular weight is 562 g/mol. The minimum atomic E-state index is -4.71. The predicted molar refractivity (Wildman–Crippen MR) is 142 cm³/mol. The summed E-state index contributed by atoms with van der Waals surface area (Å²) < 4.78 is 17.3. The van der Waals surface area contributed by atoms with Crippen molar-refractivity contribution in [1.82, 2.24) is 20.1 Å². The highest BCUT2D eigenvalue weighted by Gasteiger charge is 2.35. The number of hydrogen-bond acceptors (Lipinski definition) is 7. The van der Waals surface area contributed by atoms with E-state index in [-0.39, 0.29) is 38.0 Å². The summed E-state index contributed by atoms with van der Waals surface area (Å²) in [4.78, 5) is 66.1. The van der Waals surface area contributed by atoms with Gasteiger partial charge in [-0.25, -0.2) is 9.78 Å². The van der Waals surface area contributed by atoms with Gasteiger partial charge >= 0.3 is 13.7 Å². The number of nitrogens with one attached hydrogen (secondary N) is 1. The van der Waals surface area contributed by atoms with E-state index in [1.165, 1.54) is 4.90 Å². The molecule has 39 heavy (non-hydrogen) atoms. The minimum absolute atomic E-state index is 0.00794. The maximum Gasteiger partial charge on any atom is 0.407 e. The first-order chi connectivity index (χ1) is 18.5. The number of benzene rings is 1. The van der Waals surface area contributed by atoms with Gasteiger partial charge in [-0.1, -0.05) is 30.3 Å². The second kappa shape index (κ2) is 12.1. The molecule has 2 aromatic rings. The van der Waals surface area contributed by atoms with Gasteiger partial charge in [0.05, 0.1) is 18.0 Å². The normalized spacial score (nSPS) is 18.6. The second-order valence-corrected chi connectivity index (χ2v) is 11.2. The van der Waals surface area contributed by atoms with E-state index in [0.717, 1.165) is 22.6 Å². The summed E-state index contributed by atoms with van der Waals surface area (Å²) >= 11 is 0. The zero-order chi connectivity index (χ0) is 28.2. The summed E-state index contributed by atoms with van der Waals surface area (Å²) in [5, 5.41) is 11.6. The Balaban J connectivity index is 1.60. The molecule has 0 aliphatic carbocycles. The zero-order valence-electron chi connectivity index (χ0n) is 21.5. The van der Waals surface area contributed by atoms with Crippen LogP contribution >= 0.6 is 7.60 Å². The average Bonchev–Trinajstić information content (AvgIpc) is 3.41. The third-order valence-corrected chi connectivity index (χ3v) is 7.68. The molecule has 0 saturated carbocycles. The van der Waals surface area contributed by atoms with Crippen LogP contribution in [0.3, 0.4) is 0 Å². The van der Waals surface area contributed by atoms with Gasteiger partial charge in [0.25, 0.3) is 5.91 Å². The fourth-order valence-corrected chi connectivity index (χ4v) is 5.44. The Labute approximate surface area is 225 Å². The minimum Gasteiger partial charge on any atom is -0.465 e. The van der Waals surface area contributed by atoms with Crippen LogP contribution in [0.5, 0.6) is 0 Å². The molecule has 3 heterocycles. The maximum absolute atomic E-state index is 13.4. The number of hydrogen-bond donors (Lipinski definition) is 4. The van der Waals surface area contributed by atoms with Crippen LogP contribution in [0.1, 0.15) is 16.9 Å². The number of piperazine rings is 1. The van der Waals surface area contributed by atoms with Crippen LogP contribution in [0.4, 0.5) is 10.5 Å². The fourth-order valence-electron chi connectivity index (χ4n) is 4.72. The van der Waals surface area contributed by atoms with Crippen molar-refractivity contribution in [3.8, 4) is 11.3 Å². The number of anilines is 1. The number of carbonyl (C=O) groups is 3. The molecule has 1 aromatic carbocycles. The third-order valence-electron chi connectivity index (χ3n) is 6.84. The number of aromatic nitrogens is 1. The predicted octanol–water partition coefficient (Wildman–Crippen LogP) is 1.07. The van der Waals surface area contributed by atoms with Gasteiger partial charge in [-0.05, 0) is 18.6 Å². The van der Waals surface area contributed by atoms with Crippen LogP contribution in [-0.4, -0.2) is 112 Å². The second-order valence-electron chi connectivity index (χ2n) is 9.52. The largest absolute Gasteiger partial charge is 0.465 e. The van der Waals surface area contributed by atoms with E-state index in [0.29, 0.717) is 18.8 Å². The molecule has 1 aromatic heterocycles. The molecule has 210 valence electrons. The van der Waals surface area contributed by atoms with Gasteiger partial charge < -0.3 is 39.6 Å². The number of methoxy groups -OCH3 is 1. The maximum atomic E-state index is 13.4. The van der Waals surface area contributed by atoms with Crippen molar-refractivity contribution >= 4 is 31.2 Å². The van der Waals surface area contributed by atoms with Crippen LogP contribution < -0.4 is 10.2 Å². The number of pyridine rings is 1. The molecule has 0 unspecified atom stereocenters. The molecule has 2 saturated heterocycles. The van der Waals surface area contributed by atoms with E-state index in [9.17, 15) is 28.7 Å². The lowest BCUT2D eigenvalue weighted by atomic mass is 10.1. The molecule has 2 atom stereocenters. The Bertz CT molecular complexity index is 1250. The number of amides is 3. The number of rotatable bonds is 8. The summed E-state index contributed by atoms with van der Waals surface area (Å²) in [6.07, 6.45) is -1.15. The molecule has 4 rings (SSSR count). The molecule has 13 nitrogen and oxygen atoms in total. The zero-order valence-corrected chi connectivity index (χ0v) is 22.4. The molecule has 4 N–H and O–H groups in total. The summed E-state index contributed by atoms with van der Waals surface area (Å²) in [5.41, 5.74) is 2.03. The Kier molecular flexibility index (Phi) is 8.86. The van der Waals surface area contributed by atoms with Crippen molar-refractivity contribution in [1.29, 1.82) is 0 Å². The highest BCUT2D eigenvalue weighted by Crippen LogP contribution is 2.35. The van der Waals surface area contributed by atoms with E-state index in [1.807, 2.05) is 36.4 Å². The molecular weight excluding hydrogens is 529 g/mol. The van der Waals surface area contributed by atoms with Gasteiger partial charge in [0.1, 0.15) is 11.7 Å². The molecule has 0 bridgehead atoms.